The van der Waals surface area contributed by atoms with Crippen molar-refractivity contribution in [2.45, 2.75) is 11.5 Å². The molecule has 3 heterocycles. The van der Waals surface area contributed by atoms with Gasteiger partial charge in [0.1, 0.15) is 16.1 Å². The second kappa shape index (κ2) is 7.07. The number of nitrogens with one attached hydrogen (secondary N) is 2. The highest BCUT2D eigenvalue weighted by Crippen LogP contribution is 2.31. The van der Waals surface area contributed by atoms with Crippen molar-refractivity contribution in [2.75, 3.05) is 11.8 Å². The first kappa shape index (κ1) is 19.5. The number of aryl methyl sites for hydroxylation is 1. The predicted molar refractivity (Wildman–Crippen MR) is 91.7 cm³/mol. The van der Waals surface area contributed by atoms with E-state index in [1.165, 1.54) is 23.9 Å². The molecule has 0 aliphatic carbocycles. The fraction of sp³-hybridized carbons (Fsp3) is 0.200. The van der Waals surface area contributed by atoms with E-state index in [-0.39, 0.29) is 15.8 Å². The third kappa shape index (κ3) is 3.47. The van der Waals surface area contributed by atoms with E-state index in [0.717, 1.165) is 13.3 Å². The number of halogens is 3. The number of alkyl halides is 2. The number of nitrogens with zero attached hydrogens (tertiary/aromatic N) is 2. The van der Waals surface area contributed by atoms with Gasteiger partial charge in [-0.05, 0) is 6.07 Å². The van der Waals surface area contributed by atoms with Crippen LogP contribution in [0.1, 0.15) is 0 Å². The highest BCUT2D eigenvalue weighted by Gasteiger charge is 2.24. The summed E-state index contributed by atoms with van der Waals surface area (Å²) in [4.78, 5) is 17.8. The minimum atomic E-state index is -4.32. The van der Waals surface area contributed by atoms with E-state index in [2.05, 4.69) is 19.4 Å². The smallest absolute Gasteiger partial charge is 0.388 e. The van der Waals surface area contributed by atoms with Gasteiger partial charge < -0.3 is 19.0 Å². The molecule has 0 aliphatic heterocycles. The topological polar surface area (TPSA) is 115 Å². The molecule has 0 unspecified atom stereocenters. The van der Waals surface area contributed by atoms with Gasteiger partial charge >= 0.3 is 6.61 Å². The summed E-state index contributed by atoms with van der Waals surface area (Å²) in [6.07, 6.45) is 2.48. The van der Waals surface area contributed by atoms with E-state index in [9.17, 15) is 26.4 Å². The van der Waals surface area contributed by atoms with Crippen molar-refractivity contribution in [3.63, 3.8) is 0 Å². The van der Waals surface area contributed by atoms with Crippen LogP contribution in [0, 0.1) is 5.82 Å². The largest absolute Gasteiger partial charge is 0.479 e. The zero-order chi connectivity index (χ0) is 20.6. The average molecular weight is 418 g/mol. The van der Waals surface area contributed by atoms with Crippen LogP contribution in [0.15, 0.2) is 34.2 Å². The number of anilines is 1. The van der Waals surface area contributed by atoms with Crippen LogP contribution in [0.25, 0.3) is 10.9 Å². The van der Waals surface area contributed by atoms with Crippen molar-refractivity contribution in [1.29, 1.82) is 0 Å². The van der Waals surface area contributed by atoms with Crippen molar-refractivity contribution in [3.05, 3.63) is 40.7 Å². The molecule has 0 fully saturated rings. The van der Waals surface area contributed by atoms with Gasteiger partial charge in [0.15, 0.2) is 5.82 Å². The Kier molecular flexibility index (Phi) is 4.93. The first-order valence-electron chi connectivity index (χ1n) is 7.53. The summed E-state index contributed by atoms with van der Waals surface area (Å²) in [5.41, 5.74) is -0.833. The van der Waals surface area contributed by atoms with Crippen LogP contribution >= 0.6 is 0 Å². The Morgan fingerprint density at radius 2 is 2.04 bits per heavy atom. The maximum atomic E-state index is 13.9. The van der Waals surface area contributed by atoms with E-state index in [4.69, 9.17) is 4.74 Å². The third-order valence-corrected chi connectivity index (χ3v) is 5.12. The maximum Gasteiger partial charge on any atom is 0.388 e. The Balaban J connectivity index is 2.05. The van der Waals surface area contributed by atoms with Crippen LogP contribution in [0.3, 0.4) is 0 Å². The summed E-state index contributed by atoms with van der Waals surface area (Å²) in [7, 11) is -1.74. The van der Waals surface area contributed by atoms with Crippen LogP contribution in [0.4, 0.5) is 18.9 Å². The van der Waals surface area contributed by atoms with Gasteiger partial charge in [0.25, 0.3) is 21.5 Å². The number of hydrogen-bond acceptors (Lipinski definition) is 6. The molecule has 150 valence electrons. The molecular formula is C15H13F3N4O5S. The van der Waals surface area contributed by atoms with E-state index < -0.39 is 45.5 Å². The van der Waals surface area contributed by atoms with Crippen molar-refractivity contribution < 1.29 is 31.1 Å². The molecule has 0 saturated carbocycles. The summed E-state index contributed by atoms with van der Waals surface area (Å²) >= 11 is 0. The zero-order valence-corrected chi connectivity index (χ0v) is 15.2. The SMILES string of the molecule is COc1nc(OC(F)F)c(F)cc1NS(=O)(=O)c1c[nH]c2c(=O)n(C)ccc12. The normalized spacial score (nSPS) is 11.8. The molecule has 0 saturated heterocycles. The molecule has 9 nitrogen and oxygen atoms in total. The van der Waals surface area contributed by atoms with Crippen LogP contribution in [-0.4, -0.2) is 36.7 Å². The van der Waals surface area contributed by atoms with E-state index in [0.29, 0.717) is 6.07 Å². The van der Waals surface area contributed by atoms with Gasteiger partial charge in [0.05, 0.1) is 7.11 Å². The second-order valence-electron chi connectivity index (χ2n) is 5.49. The van der Waals surface area contributed by atoms with E-state index in [1.54, 1.807) is 0 Å². The number of rotatable bonds is 6. The van der Waals surface area contributed by atoms with Gasteiger partial charge in [0, 0.05) is 30.9 Å². The van der Waals surface area contributed by atoms with Crippen molar-refractivity contribution >= 4 is 26.6 Å². The molecule has 0 radical (unpaired) electrons. The lowest BCUT2D eigenvalue weighted by molar-refractivity contribution is -0.0555. The number of aromatic nitrogens is 3. The van der Waals surface area contributed by atoms with Crippen LogP contribution < -0.4 is 19.8 Å². The zero-order valence-electron chi connectivity index (χ0n) is 14.4. The van der Waals surface area contributed by atoms with Crippen molar-refractivity contribution in [2.24, 2.45) is 7.05 Å². The summed E-state index contributed by atoms with van der Waals surface area (Å²) in [5.74, 6) is -2.87. The number of methoxy groups -OCH3 is 1. The Morgan fingerprint density at radius 1 is 1.32 bits per heavy atom. The second-order valence-corrected chi connectivity index (χ2v) is 7.14. The minimum absolute atomic E-state index is 0.0577. The summed E-state index contributed by atoms with van der Waals surface area (Å²) in [6, 6.07) is 2.01. The number of H-pyrrole nitrogens is 1. The molecule has 2 N–H and O–H groups in total. The molecule has 0 aliphatic rings. The van der Waals surface area contributed by atoms with E-state index in [1.807, 2.05) is 0 Å². The summed E-state index contributed by atoms with van der Waals surface area (Å²) in [5, 5.41) is 0.112. The standard InChI is InChI=1S/C15H13F3N4O5S/c1-22-4-3-7-10(6-19-11(7)14(22)23)28(24,25)21-9-5-8(16)12(27-15(17)18)20-13(9)26-2/h3-6,15,19,21H,1-2H3. The molecule has 0 aromatic carbocycles. The number of ether oxygens (including phenoxy) is 2. The molecule has 28 heavy (non-hydrogen) atoms. The number of aromatic amines is 1. The Morgan fingerprint density at radius 3 is 2.68 bits per heavy atom. The highest BCUT2D eigenvalue weighted by molar-refractivity contribution is 7.93. The Hall–Kier alpha value is -3.22. The number of fused-ring (bicyclic) bond motifs is 1. The van der Waals surface area contributed by atoms with Gasteiger partial charge in [-0.25, -0.2) is 12.8 Å². The summed E-state index contributed by atoms with van der Waals surface area (Å²) in [6.45, 7) is -3.33. The monoisotopic (exact) mass is 418 g/mol. The predicted octanol–water partition coefficient (Wildman–Crippen LogP) is 1.81. The third-order valence-electron chi connectivity index (χ3n) is 3.72. The van der Waals surface area contributed by atoms with E-state index >= 15 is 0 Å². The van der Waals surface area contributed by atoms with Crippen LogP contribution in [0.5, 0.6) is 11.8 Å². The minimum Gasteiger partial charge on any atom is -0.479 e. The number of hydrogen-bond donors (Lipinski definition) is 2. The summed E-state index contributed by atoms with van der Waals surface area (Å²) < 4.78 is 76.0. The van der Waals surface area contributed by atoms with Crippen molar-refractivity contribution in [1.82, 2.24) is 14.5 Å². The number of pyridine rings is 2. The highest BCUT2D eigenvalue weighted by atomic mass is 32.2. The van der Waals surface area contributed by atoms with Crippen molar-refractivity contribution in [3.8, 4) is 11.8 Å². The van der Waals surface area contributed by atoms with Gasteiger partial charge in [0.2, 0.25) is 5.88 Å². The fourth-order valence-electron chi connectivity index (χ4n) is 2.46. The fourth-order valence-corrected chi connectivity index (χ4v) is 3.68. The molecule has 13 heteroatoms. The van der Waals surface area contributed by atoms with Crippen LogP contribution in [-0.2, 0) is 17.1 Å². The molecule has 3 rings (SSSR count). The molecule has 3 aromatic rings. The Bertz CT molecular complexity index is 1210. The van der Waals surface area contributed by atoms with Gasteiger partial charge in [-0.2, -0.15) is 13.8 Å². The molecule has 0 bridgehead atoms. The molecule has 3 aromatic heterocycles. The number of sulfonamides is 1. The van der Waals surface area contributed by atoms with Gasteiger partial charge in [-0.3, -0.25) is 9.52 Å². The Labute approximate surface area is 155 Å². The molecule has 0 spiro atoms. The lowest BCUT2D eigenvalue weighted by Gasteiger charge is -2.13. The quantitative estimate of drug-likeness (QED) is 0.631. The van der Waals surface area contributed by atoms with Crippen LogP contribution in [0.2, 0.25) is 0 Å². The lowest BCUT2D eigenvalue weighted by Crippen LogP contribution is -2.17. The maximum absolute atomic E-state index is 13.9. The molecule has 0 amide bonds. The van der Waals surface area contributed by atoms with Gasteiger partial charge in [-0.15, -0.1) is 0 Å². The first-order chi connectivity index (χ1) is 13.1. The lowest BCUT2D eigenvalue weighted by atomic mass is 10.3. The molecular weight excluding hydrogens is 405 g/mol. The van der Waals surface area contributed by atoms with Gasteiger partial charge in [-0.1, -0.05) is 0 Å². The molecule has 0 atom stereocenters. The average Bonchev–Trinajstić information content (AvgIpc) is 3.05. The first-order valence-corrected chi connectivity index (χ1v) is 9.01.